The number of ketones is 1. The minimum Gasteiger partial charge on any atom is -0.300 e. The molecule has 0 aromatic rings. The van der Waals surface area contributed by atoms with Gasteiger partial charge in [-0.1, -0.05) is 12.8 Å². The van der Waals surface area contributed by atoms with Crippen LogP contribution in [0, 0.1) is 11.8 Å². The van der Waals surface area contributed by atoms with Gasteiger partial charge in [0.15, 0.2) is 0 Å². The summed E-state index contributed by atoms with van der Waals surface area (Å²) in [7, 11) is 1.74. The molecule has 0 unspecified atom stereocenters. The second-order valence-electron chi connectivity index (χ2n) is 3.92. The van der Waals surface area contributed by atoms with E-state index in [0.29, 0.717) is 0 Å². The maximum absolute atomic E-state index is 11.8. The molecule has 1 aliphatic rings. The van der Waals surface area contributed by atoms with Gasteiger partial charge in [0.2, 0.25) is 5.91 Å². The number of carbonyl (C=O) groups is 2. The Morgan fingerprint density at radius 2 is 1.71 bits per heavy atom. The van der Waals surface area contributed by atoms with Crippen molar-refractivity contribution < 1.29 is 9.59 Å². The van der Waals surface area contributed by atoms with Gasteiger partial charge in [-0.25, -0.2) is 0 Å². The Kier molecular flexibility index (Phi) is 4.34. The molecule has 14 heavy (non-hydrogen) atoms. The molecule has 0 saturated heterocycles. The SMILES string of the molecule is CC(=O)[C@@H]1CCCC[C@@H]1C(=O)N(C)I. The first-order valence-corrected chi connectivity index (χ1v) is 5.94. The van der Waals surface area contributed by atoms with Crippen LogP contribution in [0.1, 0.15) is 32.6 Å². The fourth-order valence-corrected chi connectivity index (χ4v) is 2.50. The number of halogens is 1. The molecule has 80 valence electrons. The third-order valence-electron chi connectivity index (χ3n) is 2.91. The van der Waals surface area contributed by atoms with E-state index in [9.17, 15) is 9.59 Å². The minimum absolute atomic E-state index is 0.0338. The summed E-state index contributed by atoms with van der Waals surface area (Å²) >= 11 is 1.98. The third-order valence-corrected chi connectivity index (χ3v) is 3.38. The van der Waals surface area contributed by atoms with Crippen molar-refractivity contribution in [2.75, 3.05) is 7.05 Å². The molecule has 1 rings (SSSR count). The number of hydrogen-bond donors (Lipinski definition) is 0. The fraction of sp³-hybridized carbons (Fsp3) is 0.800. The summed E-state index contributed by atoms with van der Waals surface area (Å²) in [5, 5.41) is 0. The zero-order valence-electron chi connectivity index (χ0n) is 8.62. The first kappa shape index (κ1) is 11.9. The van der Waals surface area contributed by atoms with Gasteiger partial charge in [0.25, 0.3) is 0 Å². The van der Waals surface area contributed by atoms with Crippen molar-refractivity contribution in [3.05, 3.63) is 0 Å². The highest BCUT2D eigenvalue weighted by Crippen LogP contribution is 2.32. The van der Waals surface area contributed by atoms with E-state index < -0.39 is 0 Å². The Hall–Kier alpha value is -0.130. The van der Waals surface area contributed by atoms with Gasteiger partial charge < -0.3 is 0 Å². The Morgan fingerprint density at radius 3 is 2.14 bits per heavy atom. The smallest absolute Gasteiger partial charge is 0.234 e. The zero-order chi connectivity index (χ0) is 10.7. The number of rotatable bonds is 2. The Labute approximate surface area is 98.7 Å². The topological polar surface area (TPSA) is 37.4 Å². The van der Waals surface area contributed by atoms with Gasteiger partial charge in [0.1, 0.15) is 5.78 Å². The van der Waals surface area contributed by atoms with Crippen LogP contribution in [-0.2, 0) is 9.59 Å². The summed E-state index contributed by atoms with van der Waals surface area (Å²) in [5.41, 5.74) is 0. The van der Waals surface area contributed by atoms with Crippen molar-refractivity contribution in [2.45, 2.75) is 32.6 Å². The van der Waals surface area contributed by atoms with Gasteiger partial charge in [-0.05, 0) is 19.8 Å². The summed E-state index contributed by atoms with van der Waals surface area (Å²) < 4.78 is 1.57. The number of hydrogen-bond acceptors (Lipinski definition) is 2. The van der Waals surface area contributed by atoms with Crippen LogP contribution >= 0.6 is 22.9 Å². The van der Waals surface area contributed by atoms with Crippen molar-refractivity contribution in [3.63, 3.8) is 0 Å². The molecule has 0 bridgehead atoms. The highest BCUT2D eigenvalue weighted by molar-refractivity contribution is 14.1. The number of Topliss-reactive ketones (excluding diaryl/α,β-unsaturated/α-hetero) is 1. The standard InChI is InChI=1S/C10H16INO2/c1-7(13)8-5-3-4-6-9(8)10(14)12(2)11/h8-9H,3-6H2,1-2H3/t8-,9-/m0/s1. The predicted molar refractivity (Wildman–Crippen MR) is 62.9 cm³/mol. The van der Waals surface area contributed by atoms with Crippen LogP contribution in [0.5, 0.6) is 0 Å². The maximum atomic E-state index is 11.8. The van der Waals surface area contributed by atoms with Crippen LogP contribution in [0.4, 0.5) is 0 Å². The van der Waals surface area contributed by atoms with Gasteiger partial charge >= 0.3 is 0 Å². The summed E-state index contributed by atoms with van der Waals surface area (Å²) in [6, 6.07) is 0. The Morgan fingerprint density at radius 1 is 1.21 bits per heavy atom. The highest BCUT2D eigenvalue weighted by Gasteiger charge is 2.34. The summed E-state index contributed by atoms with van der Waals surface area (Å²) in [6.45, 7) is 1.60. The zero-order valence-corrected chi connectivity index (χ0v) is 10.8. The first-order valence-electron chi connectivity index (χ1n) is 4.98. The van der Waals surface area contributed by atoms with Crippen LogP contribution in [0.25, 0.3) is 0 Å². The summed E-state index contributed by atoms with van der Waals surface area (Å²) in [6.07, 6.45) is 3.91. The molecule has 0 spiro atoms. The largest absolute Gasteiger partial charge is 0.300 e. The molecular formula is C10H16INO2. The average molecular weight is 309 g/mol. The Balaban J connectivity index is 2.72. The molecule has 1 saturated carbocycles. The molecule has 0 aromatic carbocycles. The molecule has 0 aromatic heterocycles. The van der Waals surface area contributed by atoms with Crippen LogP contribution in [0.15, 0.2) is 0 Å². The summed E-state index contributed by atoms with van der Waals surface area (Å²) in [4.78, 5) is 23.1. The quantitative estimate of drug-likeness (QED) is 0.579. The lowest BCUT2D eigenvalue weighted by Crippen LogP contribution is -2.36. The molecule has 1 fully saturated rings. The first-order chi connectivity index (χ1) is 6.54. The molecule has 2 atom stereocenters. The van der Waals surface area contributed by atoms with Crippen LogP contribution in [-0.4, -0.2) is 21.9 Å². The van der Waals surface area contributed by atoms with E-state index in [1.165, 1.54) is 0 Å². The van der Waals surface area contributed by atoms with Crippen molar-refractivity contribution in [2.24, 2.45) is 11.8 Å². The maximum Gasteiger partial charge on any atom is 0.234 e. The van der Waals surface area contributed by atoms with E-state index in [-0.39, 0.29) is 23.5 Å². The van der Waals surface area contributed by atoms with Crippen LogP contribution < -0.4 is 0 Å². The molecule has 1 amide bonds. The lowest BCUT2D eigenvalue weighted by atomic mass is 9.77. The van der Waals surface area contributed by atoms with Gasteiger partial charge in [-0.2, -0.15) is 0 Å². The van der Waals surface area contributed by atoms with Gasteiger partial charge in [-0.15, -0.1) is 0 Å². The lowest BCUT2D eigenvalue weighted by Gasteiger charge is -2.29. The Bertz CT molecular complexity index is 240. The molecule has 1 aliphatic carbocycles. The van der Waals surface area contributed by atoms with Crippen molar-refractivity contribution in [1.29, 1.82) is 0 Å². The van der Waals surface area contributed by atoms with Crippen molar-refractivity contribution >= 4 is 34.6 Å². The van der Waals surface area contributed by atoms with E-state index in [1.54, 1.807) is 17.1 Å². The molecule has 0 aliphatic heterocycles. The predicted octanol–water partition coefficient (Wildman–Crippen LogP) is 2.19. The third kappa shape index (κ3) is 2.68. The molecule has 3 nitrogen and oxygen atoms in total. The number of carbonyl (C=O) groups excluding carboxylic acids is 2. The molecule has 4 heteroatoms. The second kappa shape index (κ2) is 5.09. The fourth-order valence-electron chi connectivity index (χ4n) is 2.14. The summed E-state index contributed by atoms with van der Waals surface area (Å²) in [5.74, 6) is 0.170. The molecule has 0 radical (unpaired) electrons. The monoisotopic (exact) mass is 309 g/mol. The van der Waals surface area contributed by atoms with Crippen molar-refractivity contribution in [1.82, 2.24) is 3.11 Å². The van der Waals surface area contributed by atoms with Crippen LogP contribution in [0.2, 0.25) is 0 Å². The molecule has 0 heterocycles. The average Bonchev–Trinajstić information content (AvgIpc) is 2.16. The van der Waals surface area contributed by atoms with Gasteiger partial charge in [0, 0.05) is 18.9 Å². The van der Waals surface area contributed by atoms with E-state index in [1.807, 2.05) is 22.9 Å². The molecule has 0 N–H and O–H groups in total. The normalized spacial score (nSPS) is 27.1. The van der Waals surface area contributed by atoms with Crippen LogP contribution in [0.3, 0.4) is 0 Å². The highest BCUT2D eigenvalue weighted by atomic mass is 127. The minimum atomic E-state index is -0.0665. The van der Waals surface area contributed by atoms with Gasteiger partial charge in [0.05, 0.1) is 22.9 Å². The lowest BCUT2D eigenvalue weighted by molar-refractivity contribution is -0.136. The number of amides is 1. The number of nitrogens with zero attached hydrogens (tertiary/aromatic N) is 1. The second-order valence-corrected chi connectivity index (χ2v) is 5.37. The van der Waals surface area contributed by atoms with E-state index in [4.69, 9.17) is 0 Å². The van der Waals surface area contributed by atoms with E-state index in [2.05, 4.69) is 0 Å². The van der Waals surface area contributed by atoms with E-state index in [0.717, 1.165) is 25.7 Å². The molecular weight excluding hydrogens is 293 g/mol. The van der Waals surface area contributed by atoms with Gasteiger partial charge in [-0.3, -0.25) is 12.7 Å². The van der Waals surface area contributed by atoms with Crippen molar-refractivity contribution in [3.8, 4) is 0 Å². The van der Waals surface area contributed by atoms with E-state index >= 15 is 0 Å².